The van der Waals surface area contributed by atoms with E-state index in [2.05, 4.69) is 11.0 Å². The van der Waals surface area contributed by atoms with E-state index in [9.17, 15) is 13.9 Å². The van der Waals surface area contributed by atoms with Crippen LogP contribution in [0.25, 0.3) is 22.1 Å². The van der Waals surface area contributed by atoms with Crippen LogP contribution in [-0.2, 0) is 0 Å². The van der Waals surface area contributed by atoms with Crippen molar-refractivity contribution in [1.29, 1.82) is 0 Å². The number of furan rings is 1. The topological polar surface area (TPSA) is 55.1 Å². The second-order valence-electron chi connectivity index (χ2n) is 9.82. The van der Waals surface area contributed by atoms with E-state index in [1.165, 1.54) is 12.1 Å². The Morgan fingerprint density at radius 1 is 1.03 bits per heavy atom. The monoisotopic (exact) mass is 517 g/mol. The number of hydrogen-bond donors (Lipinski definition) is 1. The predicted octanol–water partition coefficient (Wildman–Crippen LogP) is 6.83. The van der Waals surface area contributed by atoms with Crippen molar-refractivity contribution >= 4 is 22.1 Å². The smallest absolute Gasteiger partial charge is 0.165 e. The third-order valence-electron chi connectivity index (χ3n) is 7.31. The molecule has 1 fully saturated rings. The summed E-state index contributed by atoms with van der Waals surface area (Å²) in [5.74, 6) is 0.0649. The first-order valence-electron chi connectivity index (χ1n) is 13.0. The fraction of sp³-hybridized carbons (Fsp3) is 0.290. The molecule has 1 N–H and O–H groups in total. The summed E-state index contributed by atoms with van der Waals surface area (Å²) in [6.45, 7) is 2.55. The summed E-state index contributed by atoms with van der Waals surface area (Å²) in [4.78, 5) is 2.24. The molecule has 5 nitrogen and oxygen atoms in total. The first-order valence-corrected chi connectivity index (χ1v) is 13.0. The van der Waals surface area contributed by atoms with Crippen LogP contribution in [0.2, 0.25) is 0 Å². The van der Waals surface area contributed by atoms with E-state index in [1.54, 1.807) is 6.26 Å². The summed E-state index contributed by atoms with van der Waals surface area (Å²) in [7, 11) is 0. The molecule has 0 bridgehead atoms. The minimum atomic E-state index is -0.699. The van der Waals surface area contributed by atoms with E-state index in [1.807, 2.05) is 42.5 Å². The van der Waals surface area contributed by atoms with Crippen molar-refractivity contribution in [3.05, 3.63) is 89.4 Å². The zero-order chi connectivity index (χ0) is 26.1. The van der Waals surface area contributed by atoms with Crippen LogP contribution in [0.4, 0.5) is 8.78 Å². The number of rotatable bonds is 7. The lowest BCUT2D eigenvalue weighted by Crippen LogP contribution is -2.26. The highest BCUT2D eigenvalue weighted by Crippen LogP contribution is 2.43. The van der Waals surface area contributed by atoms with Crippen molar-refractivity contribution in [1.82, 2.24) is 4.90 Å². The molecule has 38 heavy (non-hydrogen) atoms. The summed E-state index contributed by atoms with van der Waals surface area (Å²) in [6, 6.07) is 18.5. The van der Waals surface area contributed by atoms with Crippen LogP contribution in [-0.4, -0.2) is 49.0 Å². The van der Waals surface area contributed by atoms with Crippen LogP contribution in [0.5, 0.6) is 17.2 Å². The molecule has 1 atom stereocenters. The number of benzene rings is 3. The Morgan fingerprint density at radius 2 is 1.87 bits per heavy atom. The van der Waals surface area contributed by atoms with Crippen LogP contribution >= 0.6 is 0 Å². The lowest BCUT2D eigenvalue weighted by atomic mass is 9.87. The van der Waals surface area contributed by atoms with Gasteiger partial charge in [0.25, 0.3) is 0 Å². The number of halogens is 2. The molecule has 6 rings (SSSR count). The van der Waals surface area contributed by atoms with Crippen LogP contribution in [0.15, 0.2) is 71.3 Å². The predicted molar refractivity (Wildman–Crippen MR) is 143 cm³/mol. The van der Waals surface area contributed by atoms with Gasteiger partial charge >= 0.3 is 0 Å². The Morgan fingerprint density at radius 3 is 2.71 bits per heavy atom. The molecule has 2 aliphatic rings. The van der Waals surface area contributed by atoms with Gasteiger partial charge in [0.1, 0.15) is 23.2 Å². The number of likely N-dealkylation sites (tertiary alicyclic amines) is 1. The summed E-state index contributed by atoms with van der Waals surface area (Å²) < 4.78 is 44.9. The van der Waals surface area contributed by atoms with Gasteiger partial charge in [0, 0.05) is 43.1 Å². The molecule has 3 aromatic carbocycles. The average Bonchev–Trinajstić information content (AvgIpc) is 3.54. The van der Waals surface area contributed by atoms with Crippen molar-refractivity contribution in [3.8, 4) is 17.2 Å². The highest BCUT2D eigenvalue weighted by atomic mass is 19.1. The molecule has 1 saturated heterocycles. The first kappa shape index (κ1) is 24.5. The molecule has 0 saturated carbocycles. The zero-order valence-electron chi connectivity index (χ0n) is 21.0. The van der Waals surface area contributed by atoms with Crippen molar-refractivity contribution in [2.24, 2.45) is 0 Å². The largest absolute Gasteiger partial charge is 0.505 e. The molecule has 3 heterocycles. The third-order valence-corrected chi connectivity index (χ3v) is 7.31. The average molecular weight is 518 g/mol. The first-order chi connectivity index (χ1) is 18.6. The molecule has 2 aliphatic heterocycles. The van der Waals surface area contributed by atoms with Gasteiger partial charge in [-0.05, 0) is 71.5 Å². The van der Waals surface area contributed by atoms with Crippen LogP contribution < -0.4 is 9.47 Å². The highest BCUT2D eigenvalue weighted by molar-refractivity contribution is 6.01. The van der Waals surface area contributed by atoms with Crippen LogP contribution in [0.1, 0.15) is 36.0 Å². The van der Waals surface area contributed by atoms with Gasteiger partial charge in [-0.3, -0.25) is 9.29 Å². The molecule has 0 radical (unpaired) electrons. The summed E-state index contributed by atoms with van der Waals surface area (Å²) in [6.07, 6.45) is 3.80. The normalized spacial score (nSPS) is 17.9. The fourth-order valence-corrected chi connectivity index (χ4v) is 5.45. The maximum absolute atomic E-state index is 14.6. The number of alkyl halides is 1. The van der Waals surface area contributed by atoms with Crippen molar-refractivity contribution in [3.63, 3.8) is 0 Å². The Labute approximate surface area is 219 Å². The van der Waals surface area contributed by atoms with E-state index in [-0.39, 0.29) is 12.8 Å². The minimum absolute atomic E-state index is 0.0704. The second-order valence-corrected chi connectivity index (χ2v) is 9.82. The lowest BCUT2D eigenvalue weighted by Gasteiger charge is -2.18. The molecule has 0 amide bonds. The Hall–Kier alpha value is -3.84. The molecule has 0 spiro atoms. The lowest BCUT2D eigenvalue weighted by molar-refractivity contribution is 0.198. The standard InChI is InChI=1S/C31H29F2NO4/c32-11-1-12-34-13-8-24(19-34)38-23-5-2-20(3-6-23)31-25(21-4-7-29-22(16-21)9-14-36-29)10-15-37-30-18-28(35)27(33)17-26(30)31/h2-7,9,14,16-18,24,35H,1,8,10-13,15,19H2/t24-/m0/s1. The van der Waals surface area contributed by atoms with E-state index >= 15 is 0 Å². The van der Waals surface area contributed by atoms with Crippen LogP contribution in [0.3, 0.4) is 0 Å². The van der Waals surface area contributed by atoms with Gasteiger partial charge < -0.3 is 19.0 Å². The fourth-order valence-electron chi connectivity index (χ4n) is 5.45. The van der Waals surface area contributed by atoms with E-state index in [0.29, 0.717) is 30.8 Å². The molecule has 196 valence electrons. The molecule has 0 unspecified atom stereocenters. The molecular weight excluding hydrogens is 488 g/mol. The number of phenolic OH excluding ortho intramolecular Hbond substituents is 1. The Kier molecular flexibility index (Phi) is 6.77. The van der Waals surface area contributed by atoms with E-state index in [4.69, 9.17) is 13.9 Å². The number of hydrogen-bond acceptors (Lipinski definition) is 5. The Balaban J connectivity index is 1.37. The molecule has 1 aromatic heterocycles. The van der Waals surface area contributed by atoms with Gasteiger partial charge in [0.15, 0.2) is 11.6 Å². The van der Waals surface area contributed by atoms with Gasteiger partial charge in [0.2, 0.25) is 0 Å². The Bertz CT molecular complexity index is 1480. The molecule has 0 aliphatic carbocycles. The molecule has 4 aromatic rings. The highest BCUT2D eigenvalue weighted by Gasteiger charge is 2.25. The van der Waals surface area contributed by atoms with Gasteiger partial charge in [-0.2, -0.15) is 0 Å². The van der Waals surface area contributed by atoms with Gasteiger partial charge in [-0.25, -0.2) is 4.39 Å². The number of nitrogens with zero attached hydrogens (tertiary/aromatic N) is 1. The minimum Gasteiger partial charge on any atom is -0.505 e. The van der Waals surface area contributed by atoms with Gasteiger partial charge in [-0.1, -0.05) is 18.2 Å². The quantitative estimate of drug-likeness (QED) is 0.291. The van der Waals surface area contributed by atoms with Gasteiger partial charge in [-0.15, -0.1) is 0 Å². The zero-order valence-corrected chi connectivity index (χ0v) is 21.0. The second kappa shape index (κ2) is 10.5. The van der Waals surface area contributed by atoms with E-state index in [0.717, 1.165) is 65.0 Å². The maximum Gasteiger partial charge on any atom is 0.165 e. The third kappa shape index (κ3) is 4.86. The molecule has 7 heteroatoms. The number of ether oxygens (including phenoxy) is 2. The van der Waals surface area contributed by atoms with Crippen molar-refractivity contribution in [2.45, 2.75) is 25.4 Å². The van der Waals surface area contributed by atoms with Crippen molar-refractivity contribution < 1.29 is 27.8 Å². The van der Waals surface area contributed by atoms with Crippen molar-refractivity contribution in [2.75, 3.05) is 32.9 Å². The SMILES string of the molecule is Oc1cc2c(cc1F)C(c1ccc(O[C@H]3CCN(CCCF)C3)cc1)=C(c1ccc3occc3c1)CCO2. The number of aromatic hydroxyl groups is 1. The number of fused-ring (bicyclic) bond motifs is 2. The maximum atomic E-state index is 14.6. The molecular formula is C31H29F2NO4. The van der Waals surface area contributed by atoms with Crippen LogP contribution in [0, 0.1) is 5.82 Å². The summed E-state index contributed by atoms with van der Waals surface area (Å²) in [5, 5.41) is 11.0. The number of phenols is 1. The summed E-state index contributed by atoms with van der Waals surface area (Å²) >= 11 is 0. The summed E-state index contributed by atoms with van der Waals surface area (Å²) in [5.41, 5.74) is 5.15. The van der Waals surface area contributed by atoms with Gasteiger partial charge in [0.05, 0.1) is 19.5 Å². The van der Waals surface area contributed by atoms with E-state index < -0.39 is 11.6 Å².